The molecule has 7 nitrogen and oxygen atoms in total. The molecule has 3 rings (SSSR count). The number of carbonyl (C=O) groups is 3. The number of para-hydroxylation sites is 2. The summed E-state index contributed by atoms with van der Waals surface area (Å²) in [7, 11) is 1.53. The highest BCUT2D eigenvalue weighted by Crippen LogP contribution is 2.33. The lowest BCUT2D eigenvalue weighted by molar-refractivity contribution is -0.127. The number of likely N-dealkylation sites (N-methyl/N-ethyl adjacent to an activating group) is 1. The van der Waals surface area contributed by atoms with E-state index in [2.05, 4.69) is 10.6 Å². The summed E-state index contributed by atoms with van der Waals surface area (Å²) >= 11 is 5.82. The second-order valence-corrected chi connectivity index (χ2v) is 7.00. The van der Waals surface area contributed by atoms with E-state index < -0.39 is 6.10 Å². The normalized spacial score (nSPS) is 15.1. The maximum atomic E-state index is 12.8. The zero-order chi connectivity index (χ0) is 20.8. The Labute approximate surface area is 174 Å². The molecule has 2 aromatic carbocycles. The first-order valence-electron chi connectivity index (χ1n) is 9.31. The lowest BCUT2D eigenvalue weighted by Crippen LogP contribution is -2.50. The molecule has 0 saturated heterocycles. The molecule has 0 spiro atoms. The van der Waals surface area contributed by atoms with E-state index in [1.54, 1.807) is 47.4 Å². The van der Waals surface area contributed by atoms with Crippen molar-refractivity contribution in [2.24, 2.45) is 0 Å². The van der Waals surface area contributed by atoms with Gasteiger partial charge < -0.3 is 20.3 Å². The first kappa shape index (κ1) is 20.7. The van der Waals surface area contributed by atoms with Gasteiger partial charge in [0.25, 0.3) is 11.8 Å². The molecule has 0 fully saturated rings. The quantitative estimate of drug-likeness (QED) is 0.709. The molecule has 1 aliphatic rings. The molecule has 1 unspecified atom stereocenters. The van der Waals surface area contributed by atoms with E-state index in [0.29, 0.717) is 35.0 Å². The van der Waals surface area contributed by atoms with Crippen LogP contribution in [0.5, 0.6) is 5.75 Å². The molecule has 1 atom stereocenters. The lowest BCUT2D eigenvalue weighted by atomic mass is 10.1. The van der Waals surface area contributed by atoms with E-state index in [4.69, 9.17) is 16.3 Å². The van der Waals surface area contributed by atoms with Crippen molar-refractivity contribution < 1.29 is 19.1 Å². The highest BCUT2D eigenvalue weighted by atomic mass is 35.5. The largest absolute Gasteiger partial charge is 0.477 e. The monoisotopic (exact) mass is 415 g/mol. The van der Waals surface area contributed by atoms with E-state index in [1.165, 1.54) is 7.05 Å². The summed E-state index contributed by atoms with van der Waals surface area (Å²) in [4.78, 5) is 38.5. The summed E-state index contributed by atoms with van der Waals surface area (Å²) in [5.74, 6) is -0.134. The van der Waals surface area contributed by atoms with Gasteiger partial charge in [0.15, 0.2) is 6.10 Å². The molecular formula is C21H22ClN3O4. The Balaban J connectivity index is 1.56. The van der Waals surface area contributed by atoms with Crippen molar-refractivity contribution in [2.75, 3.05) is 25.0 Å². The van der Waals surface area contributed by atoms with Crippen LogP contribution < -0.4 is 20.3 Å². The molecule has 2 aromatic rings. The number of benzene rings is 2. The fraction of sp³-hybridized carbons (Fsp3) is 0.286. The molecule has 1 aliphatic heterocycles. The number of nitrogens with one attached hydrogen (secondary N) is 2. The third-order valence-electron chi connectivity index (χ3n) is 4.57. The second kappa shape index (κ2) is 9.43. The fourth-order valence-corrected chi connectivity index (χ4v) is 3.17. The Morgan fingerprint density at radius 3 is 2.59 bits per heavy atom. The van der Waals surface area contributed by atoms with Crippen LogP contribution in [0.4, 0.5) is 5.69 Å². The smallest absolute Gasteiger partial charge is 0.262 e. The number of hydrogen-bond acceptors (Lipinski definition) is 4. The van der Waals surface area contributed by atoms with Gasteiger partial charge >= 0.3 is 0 Å². The highest BCUT2D eigenvalue weighted by molar-refractivity contribution is 6.30. The topological polar surface area (TPSA) is 87.7 Å². The van der Waals surface area contributed by atoms with Crippen LogP contribution in [0.2, 0.25) is 5.02 Å². The van der Waals surface area contributed by atoms with Crippen LogP contribution in [-0.4, -0.2) is 44.0 Å². The molecule has 0 radical (unpaired) electrons. The number of halogens is 1. The number of anilines is 1. The van der Waals surface area contributed by atoms with Gasteiger partial charge in [0.1, 0.15) is 5.75 Å². The predicted molar refractivity (Wildman–Crippen MR) is 110 cm³/mol. The van der Waals surface area contributed by atoms with Gasteiger partial charge in [-0.2, -0.15) is 0 Å². The number of fused-ring (bicyclic) bond motifs is 1. The number of ether oxygens (including phenoxy) is 1. The average Bonchev–Trinajstić information content (AvgIpc) is 2.75. The standard InChI is InChI=1S/C21H22ClN3O4/c1-23-21(28)18-13-25(16-5-2-3-6-17(16)29-18)19(26)7-4-12-24-20(27)14-8-10-15(22)11-9-14/h2-3,5-6,8-11,18H,4,7,12-13H2,1H3,(H,23,28)(H,24,27). The molecule has 0 aromatic heterocycles. The Bertz CT molecular complexity index is 901. The van der Waals surface area contributed by atoms with Crippen LogP contribution in [0.15, 0.2) is 48.5 Å². The van der Waals surface area contributed by atoms with Crippen LogP contribution >= 0.6 is 11.6 Å². The van der Waals surface area contributed by atoms with Crippen LogP contribution in [0.1, 0.15) is 23.2 Å². The zero-order valence-corrected chi connectivity index (χ0v) is 16.7. The van der Waals surface area contributed by atoms with Crippen molar-refractivity contribution in [2.45, 2.75) is 18.9 Å². The van der Waals surface area contributed by atoms with Gasteiger partial charge in [-0.05, 0) is 42.8 Å². The Kier molecular flexibility index (Phi) is 6.72. The summed E-state index contributed by atoms with van der Waals surface area (Å²) in [5, 5.41) is 5.90. The minimum absolute atomic E-state index is 0.129. The van der Waals surface area contributed by atoms with Crippen molar-refractivity contribution in [1.29, 1.82) is 0 Å². The molecule has 29 heavy (non-hydrogen) atoms. The maximum absolute atomic E-state index is 12.8. The van der Waals surface area contributed by atoms with Crippen molar-refractivity contribution in [3.05, 3.63) is 59.1 Å². The molecular weight excluding hydrogens is 394 g/mol. The van der Waals surface area contributed by atoms with Gasteiger partial charge in [0.2, 0.25) is 5.91 Å². The van der Waals surface area contributed by atoms with Gasteiger partial charge in [-0.1, -0.05) is 23.7 Å². The van der Waals surface area contributed by atoms with Gasteiger partial charge in [0.05, 0.1) is 12.2 Å². The fourth-order valence-electron chi connectivity index (χ4n) is 3.05. The van der Waals surface area contributed by atoms with Gasteiger partial charge in [-0.3, -0.25) is 14.4 Å². The van der Waals surface area contributed by atoms with Gasteiger partial charge in [-0.15, -0.1) is 0 Å². The molecule has 3 amide bonds. The van der Waals surface area contributed by atoms with Crippen molar-refractivity contribution in [3.8, 4) is 5.75 Å². The summed E-state index contributed by atoms with van der Waals surface area (Å²) in [6.07, 6.45) is -0.0543. The molecule has 0 saturated carbocycles. The number of hydrogen-bond donors (Lipinski definition) is 2. The predicted octanol–water partition coefficient (Wildman–Crippen LogP) is 2.39. The summed E-state index contributed by atoms with van der Waals surface area (Å²) in [6, 6.07) is 13.7. The van der Waals surface area contributed by atoms with E-state index in [0.717, 1.165) is 0 Å². The van der Waals surface area contributed by atoms with Crippen LogP contribution in [0.3, 0.4) is 0 Å². The Morgan fingerprint density at radius 1 is 1.14 bits per heavy atom. The van der Waals surface area contributed by atoms with Crippen molar-refractivity contribution in [1.82, 2.24) is 10.6 Å². The maximum Gasteiger partial charge on any atom is 0.262 e. The van der Waals surface area contributed by atoms with Crippen LogP contribution in [-0.2, 0) is 9.59 Å². The van der Waals surface area contributed by atoms with Crippen molar-refractivity contribution in [3.63, 3.8) is 0 Å². The summed E-state index contributed by atoms with van der Waals surface area (Å²) in [5.41, 5.74) is 1.15. The first-order chi connectivity index (χ1) is 14.0. The highest BCUT2D eigenvalue weighted by Gasteiger charge is 2.32. The van der Waals surface area contributed by atoms with Crippen LogP contribution in [0.25, 0.3) is 0 Å². The molecule has 2 N–H and O–H groups in total. The molecule has 0 bridgehead atoms. The molecule has 152 valence electrons. The Morgan fingerprint density at radius 2 is 1.86 bits per heavy atom. The first-order valence-corrected chi connectivity index (χ1v) is 9.69. The third-order valence-corrected chi connectivity index (χ3v) is 4.82. The lowest BCUT2D eigenvalue weighted by Gasteiger charge is -2.34. The van der Waals surface area contributed by atoms with E-state index in [1.807, 2.05) is 6.07 Å². The molecule has 1 heterocycles. The molecule has 0 aliphatic carbocycles. The van der Waals surface area contributed by atoms with Crippen molar-refractivity contribution >= 4 is 35.0 Å². The minimum atomic E-state index is -0.761. The van der Waals surface area contributed by atoms with E-state index in [9.17, 15) is 14.4 Å². The van der Waals surface area contributed by atoms with Gasteiger partial charge in [0, 0.05) is 30.6 Å². The zero-order valence-electron chi connectivity index (χ0n) is 16.0. The number of amides is 3. The average molecular weight is 416 g/mol. The summed E-state index contributed by atoms with van der Waals surface area (Å²) in [6.45, 7) is 0.505. The number of carbonyl (C=O) groups excluding carboxylic acids is 3. The minimum Gasteiger partial charge on any atom is -0.477 e. The van der Waals surface area contributed by atoms with E-state index in [-0.39, 0.29) is 30.7 Å². The SMILES string of the molecule is CNC(=O)C1CN(C(=O)CCCNC(=O)c2ccc(Cl)cc2)c2ccccc2O1. The summed E-state index contributed by atoms with van der Waals surface area (Å²) < 4.78 is 5.71. The van der Waals surface area contributed by atoms with Crippen LogP contribution in [0, 0.1) is 0 Å². The number of rotatable bonds is 6. The molecule has 8 heteroatoms. The van der Waals surface area contributed by atoms with E-state index >= 15 is 0 Å². The second-order valence-electron chi connectivity index (χ2n) is 6.56. The Hall–Kier alpha value is -3.06. The van der Waals surface area contributed by atoms with Gasteiger partial charge in [-0.25, -0.2) is 0 Å². The number of nitrogens with zero attached hydrogens (tertiary/aromatic N) is 1. The third kappa shape index (κ3) is 5.06.